The second-order valence-corrected chi connectivity index (χ2v) is 4.95. The van der Waals surface area contributed by atoms with Gasteiger partial charge in [-0.2, -0.15) is 0 Å². The van der Waals surface area contributed by atoms with Crippen molar-refractivity contribution in [3.8, 4) is 0 Å². The molecular weight excluding hydrogens is 216 g/mol. The predicted octanol–water partition coefficient (Wildman–Crippen LogP) is 0.0664. The summed E-state index contributed by atoms with van der Waals surface area (Å²) < 4.78 is 0. The van der Waals surface area contributed by atoms with E-state index in [9.17, 15) is 4.79 Å². The van der Waals surface area contributed by atoms with Crippen LogP contribution in [-0.4, -0.2) is 35.0 Å². The fourth-order valence-corrected chi connectivity index (χ4v) is 3.10. The van der Waals surface area contributed by atoms with Crippen LogP contribution in [0.25, 0.3) is 0 Å². The molecule has 1 aromatic rings. The minimum absolute atomic E-state index is 0.201. The lowest BCUT2D eigenvalue weighted by Gasteiger charge is -2.14. The number of nitrogens with one attached hydrogen (secondary N) is 3. The average Bonchev–Trinajstić information content (AvgIpc) is 3.05. The molecule has 3 N–H and O–H groups in total. The monoisotopic (exact) mass is 234 g/mol. The fraction of sp³-hybridized carbons (Fsp3) is 0.667. The van der Waals surface area contributed by atoms with Gasteiger partial charge in [0.25, 0.3) is 0 Å². The Balaban J connectivity index is 1.48. The van der Waals surface area contributed by atoms with Gasteiger partial charge in [-0.05, 0) is 25.3 Å². The summed E-state index contributed by atoms with van der Waals surface area (Å²) in [5.41, 5.74) is 0. The van der Waals surface area contributed by atoms with Crippen LogP contribution < -0.4 is 10.6 Å². The molecule has 1 aliphatic carbocycles. The lowest BCUT2D eigenvalue weighted by Crippen LogP contribution is -2.37. The zero-order valence-corrected chi connectivity index (χ0v) is 9.78. The minimum Gasteiger partial charge on any atom is -0.355 e. The number of hydrogen-bond acceptors (Lipinski definition) is 3. The molecule has 2 aliphatic rings. The van der Waals surface area contributed by atoms with Gasteiger partial charge in [-0.1, -0.05) is 0 Å². The Kier molecular flexibility index (Phi) is 2.84. The van der Waals surface area contributed by atoms with Gasteiger partial charge in [-0.3, -0.25) is 4.79 Å². The topological polar surface area (TPSA) is 69.8 Å². The van der Waals surface area contributed by atoms with Gasteiger partial charge in [0, 0.05) is 31.4 Å². The highest BCUT2D eigenvalue weighted by Crippen LogP contribution is 2.36. The molecule has 1 aliphatic heterocycles. The van der Waals surface area contributed by atoms with E-state index in [-0.39, 0.29) is 11.8 Å². The molecule has 1 aromatic heterocycles. The van der Waals surface area contributed by atoms with Gasteiger partial charge in [0.1, 0.15) is 5.82 Å². The fourth-order valence-electron chi connectivity index (χ4n) is 3.10. The van der Waals surface area contributed by atoms with Crippen molar-refractivity contribution in [1.29, 1.82) is 0 Å². The second-order valence-electron chi connectivity index (χ2n) is 4.95. The maximum Gasteiger partial charge on any atom is 0.225 e. The van der Waals surface area contributed by atoms with Gasteiger partial charge in [-0.15, -0.1) is 0 Å². The van der Waals surface area contributed by atoms with Crippen LogP contribution in [0.4, 0.5) is 0 Å². The number of aromatic nitrogens is 2. The Morgan fingerprint density at radius 3 is 3.06 bits per heavy atom. The lowest BCUT2D eigenvalue weighted by atomic mass is 9.97. The first-order chi connectivity index (χ1) is 8.34. The largest absolute Gasteiger partial charge is 0.355 e. The number of amides is 1. The van der Waals surface area contributed by atoms with Crippen molar-refractivity contribution in [2.45, 2.75) is 25.3 Å². The van der Waals surface area contributed by atoms with E-state index in [0.29, 0.717) is 18.5 Å². The van der Waals surface area contributed by atoms with E-state index in [1.807, 2.05) is 0 Å². The summed E-state index contributed by atoms with van der Waals surface area (Å²) in [7, 11) is 0. The minimum atomic E-state index is 0.201. The molecule has 0 unspecified atom stereocenters. The van der Waals surface area contributed by atoms with Gasteiger partial charge >= 0.3 is 0 Å². The molecule has 1 amide bonds. The quantitative estimate of drug-likeness (QED) is 0.690. The van der Waals surface area contributed by atoms with E-state index in [4.69, 9.17) is 0 Å². The predicted molar refractivity (Wildman–Crippen MR) is 63.3 cm³/mol. The summed E-state index contributed by atoms with van der Waals surface area (Å²) in [4.78, 5) is 19.2. The van der Waals surface area contributed by atoms with Gasteiger partial charge in [-0.25, -0.2) is 4.98 Å². The molecule has 0 spiro atoms. The van der Waals surface area contributed by atoms with Crippen LogP contribution in [0.5, 0.6) is 0 Å². The number of fused-ring (bicyclic) bond motifs is 2. The highest BCUT2D eigenvalue weighted by Gasteiger charge is 2.45. The van der Waals surface area contributed by atoms with Crippen molar-refractivity contribution in [2.24, 2.45) is 11.8 Å². The third kappa shape index (κ3) is 2.07. The Hall–Kier alpha value is -1.36. The highest BCUT2D eigenvalue weighted by atomic mass is 16.2. The summed E-state index contributed by atoms with van der Waals surface area (Å²) in [5.74, 6) is 1.90. The number of carbonyl (C=O) groups is 1. The smallest absolute Gasteiger partial charge is 0.225 e. The first-order valence-corrected chi connectivity index (χ1v) is 6.34. The Morgan fingerprint density at radius 1 is 1.53 bits per heavy atom. The molecule has 0 aromatic carbocycles. The second kappa shape index (κ2) is 4.49. The van der Waals surface area contributed by atoms with Crippen LogP contribution in [0.1, 0.15) is 18.7 Å². The first-order valence-electron chi connectivity index (χ1n) is 6.34. The molecule has 0 radical (unpaired) electrons. The van der Waals surface area contributed by atoms with Crippen LogP contribution >= 0.6 is 0 Å². The molecule has 1 saturated heterocycles. The van der Waals surface area contributed by atoms with Crippen LogP contribution in [0.15, 0.2) is 12.4 Å². The van der Waals surface area contributed by atoms with Crippen molar-refractivity contribution in [1.82, 2.24) is 20.6 Å². The van der Waals surface area contributed by atoms with Crippen LogP contribution in [0.3, 0.4) is 0 Å². The number of rotatable bonds is 4. The van der Waals surface area contributed by atoms with Crippen molar-refractivity contribution in [3.05, 3.63) is 18.2 Å². The van der Waals surface area contributed by atoms with Gasteiger partial charge in [0.2, 0.25) is 5.91 Å². The normalized spacial score (nSPS) is 30.7. The summed E-state index contributed by atoms with van der Waals surface area (Å²) in [6, 6.07) is 0.420. The Labute approximate surface area is 100 Å². The molecule has 3 rings (SSSR count). The molecule has 5 heteroatoms. The van der Waals surface area contributed by atoms with E-state index in [1.165, 1.54) is 6.42 Å². The summed E-state index contributed by atoms with van der Waals surface area (Å²) in [6.07, 6.45) is 6.67. The molecule has 5 nitrogen and oxygen atoms in total. The van der Waals surface area contributed by atoms with E-state index in [0.717, 1.165) is 25.2 Å². The first kappa shape index (κ1) is 10.8. The number of aromatic amines is 1. The number of piperidine rings is 1. The van der Waals surface area contributed by atoms with Crippen LogP contribution in [0, 0.1) is 11.8 Å². The van der Waals surface area contributed by atoms with Gasteiger partial charge < -0.3 is 15.6 Å². The standard InChI is InChI=1S/C12H18N4O/c17-12(11-8-1-2-9(11)16-7-8)15-4-3-10-13-5-6-14-10/h5-6,8-9,11,16H,1-4,7H2,(H,13,14)(H,15,17)/t8-,9-,11+/m0/s1. The maximum absolute atomic E-state index is 12.1. The lowest BCUT2D eigenvalue weighted by molar-refractivity contribution is -0.125. The number of nitrogens with zero attached hydrogens (tertiary/aromatic N) is 1. The van der Waals surface area contributed by atoms with Gasteiger partial charge in [0.05, 0.1) is 5.92 Å². The molecule has 3 atom stereocenters. The summed E-state index contributed by atoms with van der Waals surface area (Å²) >= 11 is 0. The van der Waals surface area contributed by atoms with E-state index in [1.54, 1.807) is 12.4 Å². The molecule has 1 saturated carbocycles. The number of H-pyrrole nitrogens is 1. The van der Waals surface area contributed by atoms with E-state index in [2.05, 4.69) is 20.6 Å². The van der Waals surface area contributed by atoms with Crippen LogP contribution in [0.2, 0.25) is 0 Å². The molecule has 17 heavy (non-hydrogen) atoms. The summed E-state index contributed by atoms with van der Waals surface area (Å²) in [6.45, 7) is 1.68. The van der Waals surface area contributed by atoms with Crippen molar-refractivity contribution in [2.75, 3.05) is 13.1 Å². The Morgan fingerprint density at radius 2 is 2.47 bits per heavy atom. The van der Waals surface area contributed by atoms with E-state index >= 15 is 0 Å². The molecular formula is C12H18N4O. The molecule has 92 valence electrons. The SMILES string of the molecule is O=C(NCCc1ncc[nH]1)[C@@H]1[C@H]2CC[C@@H]1NC2. The maximum atomic E-state index is 12.1. The van der Waals surface area contributed by atoms with Crippen molar-refractivity contribution < 1.29 is 4.79 Å². The van der Waals surface area contributed by atoms with Crippen molar-refractivity contribution >= 4 is 5.91 Å². The molecule has 2 heterocycles. The van der Waals surface area contributed by atoms with Crippen LogP contribution in [-0.2, 0) is 11.2 Å². The number of carbonyl (C=O) groups excluding carboxylic acids is 1. The molecule has 2 bridgehead atoms. The highest BCUT2D eigenvalue weighted by molar-refractivity contribution is 5.80. The molecule has 2 fully saturated rings. The van der Waals surface area contributed by atoms with Gasteiger partial charge in [0.15, 0.2) is 0 Å². The van der Waals surface area contributed by atoms with Crippen molar-refractivity contribution in [3.63, 3.8) is 0 Å². The Bertz CT molecular complexity index is 369. The van der Waals surface area contributed by atoms with E-state index < -0.39 is 0 Å². The zero-order chi connectivity index (χ0) is 11.7. The average molecular weight is 234 g/mol. The third-order valence-electron chi connectivity index (χ3n) is 3.95. The summed E-state index contributed by atoms with van der Waals surface area (Å²) in [5, 5.41) is 6.44. The zero-order valence-electron chi connectivity index (χ0n) is 9.78. The number of imidazole rings is 1. The third-order valence-corrected chi connectivity index (χ3v) is 3.95. The number of hydrogen-bond donors (Lipinski definition) is 3.